The highest BCUT2D eigenvalue weighted by molar-refractivity contribution is 9.09. The third-order valence-corrected chi connectivity index (χ3v) is 4.65. The van der Waals surface area contributed by atoms with Gasteiger partial charge in [-0.15, -0.1) is 0 Å². The Morgan fingerprint density at radius 1 is 1.53 bits per heavy atom. The van der Waals surface area contributed by atoms with Gasteiger partial charge >= 0.3 is 0 Å². The number of halogens is 1. The summed E-state index contributed by atoms with van der Waals surface area (Å²) in [6.07, 6.45) is 5.30. The molecule has 0 unspecified atom stereocenters. The van der Waals surface area contributed by atoms with E-state index in [1.54, 1.807) is 17.1 Å². The second-order valence-corrected chi connectivity index (χ2v) is 4.97. The minimum atomic E-state index is -0.0581. The van der Waals surface area contributed by atoms with Crippen molar-refractivity contribution in [3.05, 3.63) is 18.2 Å². The summed E-state index contributed by atoms with van der Waals surface area (Å²) in [4.78, 5) is 15.9. The van der Waals surface area contributed by atoms with Gasteiger partial charge in [-0.1, -0.05) is 29.8 Å². The molecule has 1 aromatic heterocycles. The van der Waals surface area contributed by atoms with Crippen LogP contribution in [0.25, 0.3) is 0 Å². The van der Waals surface area contributed by atoms with Crippen LogP contribution in [-0.2, 0) is 7.05 Å². The first kappa shape index (κ1) is 14.2. The van der Waals surface area contributed by atoms with Gasteiger partial charge in [0.1, 0.15) is 5.69 Å². The first-order valence-corrected chi connectivity index (χ1v) is 7.01. The Hall–Kier alpha value is -0.840. The van der Waals surface area contributed by atoms with Crippen LogP contribution in [0.5, 0.6) is 0 Å². The molecule has 0 saturated heterocycles. The highest BCUT2D eigenvalue weighted by atomic mass is 79.9. The van der Waals surface area contributed by atoms with Crippen molar-refractivity contribution < 1.29 is 4.79 Å². The predicted molar refractivity (Wildman–Crippen MR) is 72.4 cm³/mol. The predicted octanol–water partition coefficient (Wildman–Crippen LogP) is 2.35. The maximum atomic E-state index is 11.9. The molecular formula is C12H20BrN3O. The van der Waals surface area contributed by atoms with Crippen LogP contribution < -0.4 is 5.32 Å². The minimum absolute atomic E-state index is 0.0581. The molecule has 1 amide bonds. The van der Waals surface area contributed by atoms with Crippen LogP contribution in [0.15, 0.2) is 12.5 Å². The fourth-order valence-electron chi connectivity index (χ4n) is 1.67. The number of amides is 1. The Labute approximate surface area is 111 Å². The van der Waals surface area contributed by atoms with Crippen molar-refractivity contribution in [2.24, 2.45) is 12.5 Å². The number of rotatable bonds is 6. The topological polar surface area (TPSA) is 46.9 Å². The lowest BCUT2D eigenvalue weighted by Crippen LogP contribution is -2.38. The molecule has 0 aliphatic rings. The van der Waals surface area contributed by atoms with E-state index >= 15 is 0 Å². The normalized spacial score (nSPS) is 11.5. The van der Waals surface area contributed by atoms with Gasteiger partial charge in [0.2, 0.25) is 0 Å². The number of aryl methyl sites for hydroxylation is 1. The van der Waals surface area contributed by atoms with Gasteiger partial charge < -0.3 is 9.88 Å². The van der Waals surface area contributed by atoms with Gasteiger partial charge in [0.15, 0.2) is 0 Å². The standard InChI is InChI=1S/C12H20BrN3O/c1-4-12(5-2,7-13)8-15-11(17)10-6-14-9-16(10)3/h6,9H,4-5,7-8H2,1-3H3,(H,15,17). The average Bonchev–Trinajstić information content (AvgIpc) is 2.78. The number of imidazole rings is 1. The summed E-state index contributed by atoms with van der Waals surface area (Å²) in [6.45, 7) is 5.00. The third kappa shape index (κ3) is 3.31. The van der Waals surface area contributed by atoms with Crippen molar-refractivity contribution in [1.82, 2.24) is 14.9 Å². The van der Waals surface area contributed by atoms with Crippen molar-refractivity contribution >= 4 is 21.8 Å². The fourth-order valence-corrected chi connectivity index (χ4v) is 2.66. The van der Waals surface area contributed by atoms with Crippen molar-refractivity contribution in [2.45, 2.75) is 26.7 Å². The molecule has 5 heteroatoms. The Balaban J connectivity index is 2.62. The van der Waals surface area contributed by atoms with Crippen LogP contribution in [-0.4, -0.2) is 27.3 Å². The molecule has 1 N–H and O–H groups in total. The van der Waals surface area contributed by atoms with Crippen LogP contribution in [0, 0.1) is 5.41 Å². The summed E-state index contributed by atoms with van der Waals surface area (Å²) in [5.41, 5.74) is 0.745. The molecule has 96 valence electrons. The lowest BCUT2D eigenvalue weighted by Gasteiger charge is -2.29. The van der Waals surface area contributed by atoms with Crippen LogP contribution >= 0.6 is 15.9 Å². The van der Waals surface area contributed by atoms with Gasteiger partial charge in [-0.25, -0.2) is 4.98 Å². The first-order valence-electron chi connectivity index (χ1n) is 5.89. The number of nitrogens with zero attached hydrogens (tertiary/aromatic N) is 2. The summed E-state index contributed by atoms with van der Waals surface area (Å²) >= 11 is 3.54. The number of carbonyl (C=O) groups is 1. The number of nitrogens with one attached hydrogen (secondary N) is 1. The van der Waals surface area contributed by atoms with E-state index in [4.69, 9.17) is 0 Å². The Kier molecular flexibility index (Phi) is 5.18. The van der Waals surface area contributed by atoms with E-state index in [2.05, 4.69) is 40.1 Å². The molecule has 0 aliphatic heterocycles. The zero-order valence-corrected chi connectivity index (χ0v) is 12.2. The molecule has 0 radical (unpaired) electrons. The largest absolute Gasteiger partial charge is 0.350 e. The maximum absolute atomic E-state index is 11.9. The summed E-state index contributed by atoms with van der Waals surface area (Å²) in [5, 5.41) is 3.89. The molecule has 0 bridgehead atoms. The third-order valence-electron chi connectivity index (χ3n) is 3.46. The molecule has 0 spiro atoms. The number of alkyl halides is 1. The molecule has 0 saturated carbocycles. The highest BCUT2D eigenvalue weighted by Gasteiger charge is 2.25. The van der Waals surface area contributed by atoms with E-state index < -0.39 is 0 Å². The number of hydrogen-bond donors (Lipinski definition) is 1. The van der Waals surface area contributed by atoms with E-state index in [-0.39, 0.29) is 11.3 Å². The van der Waals surface area contributed by atoms with Crippen LogP contribution in [0.3, 0.4) is 0 Å². The van der Waals surface area contributed by atoms with Gasteiger partial charge in [0.25, 0.3) is 5.91 Å². The highest BCUT2D eigenvalue weighted by Crippen LogP contribution is 2.27. The van der Waals surface area contributed by atoms with Crippen molar-refractivity contribution in [2.75, 3.05) is 11.9 Å². The molecule has 1 heterocycles. The fraction of sp³-hybridized carbons (Fsp3) is 0.667. The number of carbonyl (C=O) groups excluding carboxylic acids is 1. The van der Waals surface area contributed by atoms with Crippen LogP contribution in [0.1, 0.15) is 37.2 Å². The summed E-state index contributed by atoms with van der Waals surface area (Å²) in [5.74, 6) is -0.0581. The summed E-state index contributed by atoms with van der Waals surface area (Å²) in [6, 6.07) is 0. The van der Waals surface area contributed by atoms with E-state index in [9.17, 15) is 4.79 Å². The molecule has 4 nitrogen and oxygen atoms in total. The van der Waals surface area contributed by atoms with E-state index in [0.717, 1.165) is 18.2 Å². The van der Waals surface area contributed by atoms with Crippen molar-refractivity contribution in [3.8, 4) is 0 Å². The quantitative estimate of drug-likeness (QED) is 0.820. The lowest BCUT2D eigenvalue weighted by atomic mass is 9.84. The average molecular weight is 302 g/mol. The summed E-state index contributed by atoms with van der Waals surface area (Å²) in [7, 11) is 1.82. The molecule has 0 fully saturated rings. The van der Waals surface area contributed by atoms with Crippen molar-refractivity contribution in [1.29, 1.82) is 0 Å². The van der Waals surface area contributed by atoms with Gasteiger partial charge in [-0.3, -0.25) is 4.79 Å². The zero-order chi connectivity index (χ0) is 12.9. The smallest absolute Gasteiger partial charge is 0.269 e. The van der Waals surface area contributed by atoms with Crippen LogP contribution in [0.2, 0.25) is 0 Å². The van der Waals surface area contributed by atoms with E-state index in [1.165, 1.54) is 0 Å². The second-order valence-electron chi connectivity index (χ2n) is 4.41. The molecule has 0 aromatic carbocycles. The molecule has 1 rings (SSSR count). The zero-order valence-electron chi connectivity index (χ0n) is 10.7. The van der Waals surface area contributed by atoms with Gasteiger partial charge in [-0.2, -0.15) is 0 Å². The van der Waals surface area contributed by atoms with E-state index in [1.807, 2.05) is 7.05 Å². The Morgan fingerprint density at radius 2 is 2.18 bits per heavy atom. The first-order chi connectivity index (χ1) is 8.08. The van der Waals surface area contributed by atoms with Gasteiger partial charge in [0, 0.05) is 18.9 Å². The van der Waals surface area contributed by atoms with Gasteiger partial charge in [0.05, 0.1) is 12.5 Å². The molecular weight excluding hydrogens is 282 g/mol. The number of hydrogen-bond acceptors (Lipinski definition) is 2. The molecule has 1 aromatic rings. The van der Waals surface area contributed by atoms with Crippen LogP contribution in [0.4, 0.5) is 0 Å². The number of aromatic nitrogens is 2. The lowest BCUT2D eigenvalue weighted by molar-refractivity contribution is 0.0924. The molecule has 0 aliphatic carbocycles. The SMILES string of the molecule is CCC(CC)(CBr)CNC(=O)c1cncn1C. The molecule has 0 atom stereocenters. The maximum Gasteiger partial charge on any atom is 0.269 e. The molecule has 17 heavy (non-hydrogen) atoms. The minimum Gasteiger partial charge on any atom is -0.350 e. The van der Waals surface area contributed by atoms with Crippen molar-refractivity contribution in [3.63, 3.8) is 0 Å². The van der Waals surface area contributed by atoms with Gasteiger partial charge in [-0.05, 0) is 18.3 Å². The summed E-state index contributed by atoms with van der Waals surface area (Å²) < 4.78 is 1.73. The Bertz CT molecular complexity index is 363. The second kappa shape index (κ2) is 6.19. The Morgan fingerprint density at radius 3 is 2.59 bits per heavy atom. The monoisotopic (exact) mass is 301 g/mol. The van der Waals surface area contributed by atoms with E-state index in [0.29, 0.717) is 12.2 Å².